The summed E-state index contributed by atoms with van der Waals surface area (Å²) in [7, 11) is 0. The van der Waals surface area contributed by atoms with Crippen molar-refractivity contribution in [3.63, 3.8) is 0 Å². The van der Waals surface area contributed by atoms with E-state index in [0.717, 1.165) is 12.8 Å². The maximum atomic E-state index is 12.9. The van der Waals surface area contributed by atoms with Crippen molar-refractivity contribution in [2.75, 3.05) is 6.61 Å². The average molecular weight is 367 g/mol. The highest BCUT2D eigenvalue weighted by Gasteiger charge is 2.63. The lowest BCUT2D eigenvalue weighted by Gasteiger charge is -2.36. The maximum Gasteiger partial charge on any atom is 0.311 e. The van der Waals surface area contributed by atoms with E-state index in [0.29, 0.717) is 24.4 Å². The van der Waals surface area contributed by atoms with Crippen molar-refractivity contribution < 1.29 is 19.1 Å². The summed E-state index contributed by atoms with van der Waals surface area (Å²) in [6.07, 6.45) is 3.35. The average Bonchev–Trinajstić information content (AvgIpc) is 3.04. The van der Waals surface area contributed by atoms with Crippen molar-refractivity contribution in [3.8, 4) is 0 Å². The molecule has 4 heteroatoms. The number of rotatable bonds is 5. The lowest BCUT2D eigenvalue weighted by atomic mass is 9.75. The van der Waals surface area contributed by atoms with E-state index < -0.39 is 5.41 Å². The summed E-state index contributed by atoms with van der Waals surface area (Å²) in [5.41, 5.74) is -0.680. The van der Waals surface area contributed by atoms with Crippen molar-refractivity contribution in [1.82, 2.24) is 0 Å². The number of carbonyl (C=O) groups excluding carboxylic acids is 2. The van der Waals surface area contributed by atoms with Crippen LogP contribution >= 0.6 is 0 Å². The van der Waals surface area contributed by atoms with E-state index in [9.17, 15) is 9.59 Å². The standard InChI is InChI=1S/C22H38O4/c1-13(2)15-10-9-14(3)11-17(15)26-19(23)18-16(22(18,7)8)12-25-20(24)21(4,5)6/h13-18H,9-12H2,1-8H3. The fraction of sp³-hybridized carbons (Fsp3) is 0.909. The minimum Gasteiger partial charge on any atom is -0.465 e. The Balaban J connectivity index is 1.95. The molecule has 0 aromatic carbocycles. The Labute approximate surface area is 159 Å². The van der Waals surface area contributed by atoms with Gasteiger partial charge in [0.25, 0.3) is 0 Å². The summed E-state index contributed by atoms with van der Waals surface area (Å²) in [4.78, 5) is 24.9. The smallest absolute Gasteiger partial charge is 0.311 e. The van der Waals surface area contributed by atoms with Crippen molar-refractivity contribution >= 4 is 11.9 Å². The summed E-state index contributed by atoms with van der Waals surface area (Å²) >= 11 is 0. The minimum atomic E-state index is -0.516. The van der Waals surface area contributed by atoms with Gasteiger partial charge in [-0.25, -0.2) is 0 Å². The second-order valence-corrected chi connectivity index (χ2v) is 10.6. The second-order valence-electron chi connectivity index (χ2n) is 10.6. The van der Waals surface area contributed by atoms with Gasteiger partial charge in [-0.1, -0.05) is 41.0 Å². The van der Waals surface area contributed by atoms with Gasteiger partial charge in [-0.05, 0) is 56.8 Å². The van der Waals surface area contributed by atoms with Gasteiger partial charge in [0.15, 0.2) is 0 Å². The molecule has 150 valence electrons. The van der Waals surface area contributed by atoms with Crippen molar-refractivity contribution in [2.45, 2.75) is 80.8 Å². The Morgan fingerprint density at radius 3 is 2.31 bits per heavy atom. The topological polar surface area (TPSA) is 52.6 Å². The SMILES string of the molecule is CC1CCC(C(C)C)C(OC(=O)C2C(COC(=O)C(C)(C)C)C2(C)C)C1. The summed E-state index contributed by atoms with van der Waals surface area (Å²) < 4.78 is 11.5. The third-order valence-electron chi connectivity index (χ3n) is 6.54. The molecule has 4 nitrogen and oxygen atoms in total. The maximum absolute atomic E-state index is 12.9. The molecule has 0 N–H and O–H groups in total. The van der Waals surface area contributed by atoms with E-state index in [1.54, 1.807) is 0 Å². The first-order chi connectivity index (χ1) is 11.9. The van der Waals surface area contributed by atoms with Crippen LogP contribution in [0.1, 0.15) is 74.7 Å². The van der Waals surface area contributed by atoms with E-state index in [1.807, 2.05) is 20.8 Å². The van der Waals surface area contributed by atoms with Gasteiger partial charge in [0.2, 0.25) is 0 Å². The summed E-state index contributed by atoms with van der Waals surface area (Å²) in [5, 5.41) is 0. The number of hydrogen-bond donors (Lipinski definition) is 0. The first kappa shape index (κ1) is 21.2. The zero-order valence-electron chi connectivity index (χ0n) is 17.9. The lowest BCUT2D eigenvalue weighted by Crippen LogP contribution is -2.36. The number of esters is 2. The largest absolute Gasteiger partial charge is 0.465 e. The molecule has 0 bridgehead atoms. The second kappa shape index (κ2) is 7.52. The Hall–Kier alpha value is -1.06. The molecule has 2 aliphatic rings. The van der Waals surface area contributed by atoms with Gasteiger partial charge in [0, 0.05) is 5.92 Å². The normalized spacial score (nSPS) is 33.7. The summed E-state index contributed by atoms with van der Waals surface area (Å²) in [5.74, 6) is 1.16. The van der Waals surface area contributed by atoms with Crippen LogP contribution in [-0.4, -0.2) is 24.6 Å². The Morgan fingerprint density at radius 2 is 1.77 bits per heavy atom. The fourth-order valence-electron chi connectivity index (χ4n) is 4.38. The van der Waals surface area contributed by atoms with E-state index in [2.05, 4.69) is 34.6 Å². The van der Waals surface area contributed by atoms with Gasteiger partial charge >= 0.3 is 11.9 Å². The Morgan fingerprint density at radius 1 is 1.15 bits per heavy atom. The number of ether oxygens (including phenoxy) is 2. The third kappa shape index (κ3) is 4.61. The molecule has 26 heavy (non-hydrogen) atoms. The van der Waals surface area contributed by atoms with E-state index in [-0.39, 0.29) is 35.3 Å². The summed E-state index contributed by atoms with van der Waals surface area (Å²) in [6, 6.07) is 0. The van der Waals surface area contributed by atoms with Crippen LogP contribution in [0.25, 0.3) is 0 Å². The van der Waals surface area contributed by atoms with Gasteiger partial charge in [-0.15, -0.1) is 0 Å². The molecule has 2 aliphatic carbocycles. The fourth-order valence-corrected chi connectivity index (χ4v) is 4.38. The van der Waals surface area contributed by atoms with Crippen LogP contribution in [0.5, 0.6) is 0 Å². The molecule has 0 aliphatic heterocycles. The molecule has 0 aromatic heterocycles. The molecule has 0 aromatic rings. The number of carbonyl (C=O) groups is 2. The van der Waals surface area contributed by atoms with Crippen LogP contribution in [0.3, 0.4) is 0 Å². The van der Waals surface area contributed by atoms with Gasteiger partial charge in [0.1, 0.15) is 6.10 Å². The molecule has 0 spiro atoms. The molecule has 2 rings (SSSR count). The van der Waals surface area contributed by atoms with Crippen molar-refractivity contribution in [3.05, 3.63) is 0 Å². The van der Waals surface area contributed by atoms with Crippen LogP contribution in [0, 0.1) is 40.4 Å². The predicted octanol–water partition coefficient (Wildman–Crippen LogP) is 4.85. The van der Waals surface area contributed by atoms with Crippen LogP contribution in [0.2, 0.25) is 0 Å². The quantitative estimate of drug-likeness (QED) is 0.653. The minimum absolute atomic E-state index is 0.0282. The Kier molecular flexibility index (Phi) is 6.14. The Bertz CT molecular complexity index is 529. The predicted molar refractivity (Wildman–Crippen MR) is 102 cm³/mol. The monoisotopic (exact) mass is 366 g/mol. The van der Waals surface area contributed by atoms with Crippen molar-refractivity contribution in [1.29, 1.82) is 0 Å². The van der Waals surface area contributed by atoms with E-state index in [1.165, 1.54) is 6.42 Å². The summed E-state index contributed by atoms with van der Waals surface area (Å²) in [6.45, 7) is 16.6. The van der Waals surface area contributed by atoms with Crippen molar-refractivity contribution in [2.24, 2.45) is 40.4 Å². The zero-order chi connectivity index (χ0) is 19.9. The van der Waals surface area contributed by atoms with Gasteiger partial charge < -0.3 is 9.47 Å². The molecule has 0 heterocycles. The molecule has 0 radical (unpaired) electrons. The van der Waals surface area contributed by atoms with Crippen LogP contribution in [0.15, 0.2) is 0 Å². The lowest BCUT2D eigenvalue weighted by molar-refractivity contribution is -0.160. The van der Waals surface area contributed by atoms with Crippen LogP contribution in [-0.2, 0) is 19.1 Å². The highest BCUT2D eigenvalue weighted by Crippen LogP contribution is 2.59. The molecule has 5 unspecified atom stereocenters. The van der Waals surface area contributed by atoms with E-state index in [4.69, 9.17) is 9.47 Å². The molecular formula is C22H38O4. The van der Waals surface area contributed by atoms with E-state index >= 15 is 0 Å². The molecule has 5 atom stereocenters. The van der Waals surface area contributed by atoms with Gasteiger partial charge in [-0.3, -0.25) is 9.59 Å². The molecular weight excluding hydrogens is 328 g/mol. The molecule has 2 saturated carbocycles. The van der Waals surface area contributed by atoms with Crippen LogP contribution in [0.4, 0.5) is 0 Å². The molecule has 0 amide bonds. The third-order valence-corrected chi connectivity index (χ3v) is 6.54. The van der Waals surface area contributed by atoms with Crippen LogP contribution < -0.4 is 0 Å². The highest BCUT2D eigenvalue weighted by atomic mass is 16.5. The first-order valence-electron chi connectivity index (χ1n) is 10.2. The first-order valence-corrected chi connectivity index (χ1v) is 10.2. The van der Waals surface area contributed by atoms with Gasteiger partial charge in [0.05, 0.1) is 17.9 Å². The molecule has 0 saturated heterocycles. The highest BCUT2D eigenvalue weighted by molar-refractivity contribution is 5.78. The molecule has 2 fully saturated rings. The van der Waals surface area contributed by atoms with Gasteiger partial charge in [-0.2, -0.15) is 0 Å². The zero-order valence-corrected chi connectivity index (χ0v) is 17.9. The number of hydrogen-bond acceptors (Lipinski definition) is 4.